The Bertz CT molecular complexity index is 1150. The smallest absolute Gasteiger partial charge is 0.270 e. The van der Waals surface area contributed by atoms with E-state index >= 15 is 0 Å². The minimum Gasteiger partial charge on any atom is -0.393 e. The van der Waals surface area contributed by atoms with Gasteiger partial charge in [0, 0.05) is 37.5 Å². The number of sulfone groups is 1. The van der Waals surface area contributed by atoms with Crippen LogP contribution >= 0.6 is 0 Å². The summed E-state index contributed by atoms with van der Waals surface area (Å²) in [6.07, 6.45) is 0.187. The predicted octanol–water partition coefficient (Wildman–Crippen LogP) is 2.28. The lowest BCUT2D eigenvalue weighted by Crippen LogP contribution is -2.49. The zero-order valence-corrected chi connectivity index (χ0v) is 28.3. The molecule has 0 radical (unpaired) electrons. The highest BCUT2D eigenvalue weighted by atomic mass is 32.2. The van der Waals surface area contributed by atoms with Crippen molar-refractivity contribution in [1.29, 1.82) is 0 Å². The molecule has 12 nitrogen and oxygen atoms in total. The molecule has 0 aromatic heterocycles. The fraction of sp³-hybridized carbons (Fsp3) is 0.839. The summed E-state index contributed by atoms with van der Waals surface area (Å²) in [6, 6.07) is -1.35. The topological polar surface area (TPSA) is 178 Å². The van der Waals surface area contributed by atoms with Crippen LogP contribution in [0.25, 0.3) is 0 Å². The van der Waals surface area contributed by atoms with Crippen LogP contribution in [-0.4, -0.2) is 86.2 Å². The first-order chi connectivity index (χ1) is 20.4. The van der Waals surface area contributed by atoms with Gasteiger partial charge < -0.3 is 25.3 Å². The highest BCUT2D eigenvalue weighted by Crippen LogP contribution is 2.30. The van der Waals surface area contributed by atoms with Crippen molar-refractivity contribution in [2.75, 3.05) is 25.2 Å². The number of aliphatic hydroxyl groups is 1. The van der Waals surface area contributed by atoms with E-state index in [9.17, 15) is 32.7 Å². The van der Waals surface area contributed by atoms with Gasteiger partial charge in [0.05, 0.1) is 24.4 Å². The van der Waals surface area contributed by atoms with Gasteiger partial charge in [0.25, 0.3) is 5.91 Å². The van der Waals surface area contributed by atoms with E-state index in [-0.39, 0.29) is 54.4 Å². The molecule has 3 N–H and O–H groups in total. The molecule has 0 saturated carbocycles. The number of carbonyl (C=O) groups is 4. The van der Waals surface area contributed by atoms with Gasteiger partial charge in [-0.2, -0.15) is 0 Å². The lowest BCUT2D eigenvalue weighted by atomic mass is 9.80. The summed E-state index contributed by atoms with van der Waals surface area (Å²) in [5.41, 5.74) is 0.0579. The molecule has 2 heterocycles. The van der Waals surface area contributed by atoms with E-state index in [0.29, 0.717) is 26.0 Å². The Morgan fingerprint density at radius 1 is 0.977 bits per heavy atom. The number of amides is 2. The second-order valence-corrected chi connectivity index (χ2v) is 15.9. The summed E-state index contributed by atoms with van der Waals surface area (Å²) in [5, 5.41) is 20.5. The molecule has 252 valence electrons. The van der Waals surface area contributed by atoms with Crippen molar-refractivity contribution < 1.29 is 42.3 Å². The Balaban J connectivity index is 2.11. The summed E-state index contributed by atoms with van der Waals surface area (Å²) in [7, 11) is -3.67. The van der Waals surface area contributed by atoms with E-state index in [2.05, 4.69) is 15.8 Å². The van der Waals surface area contributed by atoms with Gasteiger partial charge in [0.1, 0.15) is 21.7 Å². The van der Waals surface area contributed by atoms with E-state index in [1.54, 1.807) is 6.92 Å². The van der Waals surface area contributed by atoms with Gasteiger partial charge in [-0.3, -0.25) is 19.2 Å². The zero-order valence-electron chi connectivity index (χ0n) is 27.5. The van der Waals surface area contributed by atoms with Crippen LogP contribution in [0.1, 0.15) is 80.6 Å². The molecule has 0 unspecified atom stereocenters. The van der Waals surface area contributed by atoms with Crippen molar-refractivity contribution in [2.45, 2.75) is 99.0 Å². The van der Waals surface area contributed by atoms with Crippen LogP contribution < -0.4 is 10.6 Å². The van der Waals surface area contributed by atoms with Crippen LogP contribution in [0.3, 0.4) is 0 Å². The van der Waals surface area contributed by atoms with Crippen LogP contribution in [0.5, 0.6) is 0 Å². The highest BCUT2D eigenvalue weighted by molar-refractivity contribution is 7.90. The molecular weight excluding hydrogens is 590 g/mol. The van der Waals surface area contributed by atoms with Crippen molar-refractivity contribution >= 4 is 38.9 Å². The van der Waals surface area contributed by atoms with Gasteiger partial charge in [-0.25, -0.2) is 8.42 Å². The number of aliphatic hydroxyl groups excluding tert-OH is 1. The van der Waals surface area contributed by atoms with E-state index in [0.717, 1.165) is 6.26 Å². The Morgan fingerprint density at radius 3 is 2.20 bits per heavy atom. The first kappa shape index (κ1) is 37.8. The quantitative estimate of drug-likeness (QED) is 0.191. The van der Waals surface area contributed by atoms with Crippen molar-refractivity contribution in [3.63, 3.8) is 0 Å². The predicted molar refractivity (Wildman–Crippen MR) is 166 cm³/mol. The molecule has 2 rings (SSSR count). The highest BCUT2D eigenvalue weighted by Gasteiger charge is 2.43. The standard InChI is InChI=1S/C31H53N3O9S/c1-17(2)11-21(26(36)12-20(7)25(35)14-23(19(5)6)29(38)32-15-18(3)4)13-27(37)24(16-44(8,40)41)33-30(39)28-22-9-10-42-31(22)43-34-28/h17-24,26,31,36H,9-16H2,1-8H3,(H,32,38)(H,33,39)/t20-,21-,22+,23+,24+,26+,31-/m1/s1. The lowest BCUT2D eigenvalue weighted by Gasteiger charge is -2.28. The third-order valence-electron chi connectivity index (χ3n) is 8.22. The molecule has 0 aromatic carbocycles. The molecule has 0 bridgehead atoms. The number of fused-ring (bicyclic) bond motifs is 1. The second kappa shape index (κ2) is 16.8. The van der Waals surface area contributed by atoms with Crippen LogP contribution in [0.15, 0.2) is 5.16 Å². The van der Waals surface area contributed by atoms with Gasteiger partial charge in [-0.05, 0) is 42.9 Å². The molecule has 2 amide bonds. The minimum atomic E-state index is -3.67. The van der Waals surface area contributed by atoms with Crippen molar-refractivity contribution in [2.24, 2.45) is 46.6 Å². The number of carbonyl (C=O) groups excluding carboxylic acids is 4. The van der Waals surface area contributed by atoms with Gasteiger partial charge in [-0.15, -0.1) is 0 Å². The molecule has 44 heavy (non-hydrogen) atoms. The molecule has 1 saturated heterocycles. The molecule has 2 aliphatic rings. The van der Waals surface area contributed by atoms with Gasteiger partial charge in [0.15, 0.2) is 11.5 Å². The maximum absolute atomic E-state index is 13.5. The number of hydrogen-bond acceptors (Lipinski definition) is 10. The molecule has 7 atom stereocenters. The van der Waals surface area contributed by atoms with Crippen LogP contribution in [0.4, 0.5) is 0 Å². The molecule has 2 aliphatic heterocycles. The number of nitrogens with zero attached hydrogens (tertiary/aromatic N) is 1. The van der Waals surface area contributed by atoms with Gasteiger partial charge >= 0.3 is 0 Å². The van der Waals surface area contributed by atoms with Gasteiger partial charge in [-0.1, -0.05) is 53.6 Å². The minimum absolute atomic E-state index is 0.0478. The Hall–Kier alpha value is -2.38. The van der Waals surface area contributed by atoms with Crippen LogP contribution in [0.2, 0.25) is 0 Å². The zero-order chi connectivity index (χ0) is 33.4. The van der Waals surface area contributed by atoms with E-state index in [1.165, 1.54) is 0 Å². The largest absolute Gasteiger partial charge is 0.393 e. The fourth-order valence-electron chi connectivity index (χ4n) is 5.62. The molecule has 0 aliphatic carbocycles. The third-order valence-corrected chi connectivity index (χ3v) is 9.15. The fourth-order valence-corrected chi connectivity index (χ4v) is 6.50. The Morgan fingerprint density at radius 2 is 1.64 bits per heavy atom. The number of nitrogens with one attached hydrogen (secondary N) is 2. The molecule has 0 aromatic rings. The molecule has 1 fully saturated rings. The summed E-state index contributed by atoms with van der Waals surface area (Å²) >= 11 is 0. The van der Waals surface area contributed by atoms with Crippen molar-refractivity contribution in [3.8, 4) is 0 Å². The third kappa shape index (κ3) is 11.8. The summed E-state index contributed by atoms with van der Waals surface area (Å²) < 4.78 is 29.8. The lowest BCUT2D eigenvalue weighted by molar-refractivity contribution is -0.133. The number of oxime groups is 1. The molecule has 13 heteroatoms. The SMILES string of the molecule is CC(C)CNC(=O)[C@@H](CC(=O)[C@H](C)C[C@H](O)[C@@H](CC(=O)[C@H](CS(C)(=O)=O)NC(=O)C1=NO[C@H]2OCC[C@@H]12)CC(C)C)C(C)C. The average Bonchev–Trinajstić information content (AvgIpc) is 3.52. The van der Waals surface area contributed by atoms with E-state index < -0.39 is 69.4 Å². The maximum atomic E-state index is 13.5. The summed E-state index contributed by atoms with van der Waals surface area (Å²) in [5.74, 6) is -3.85. The summed E-state index contributed by atoms with van der Waals surface area (Å²) in [6.45, 7) is 14.3. The molecular formula is C31H53N3O9S. The maximum Gasteiger partial charge on any atom is 0.270 e. The average molecular weight is 644 g/mol. The Labute approximate surface area is 262 Å². The van der Waals surface area contributed by atoms with E-state index in [1.807, 2.05) is 41.5 Å². The Kier molecular flexibility index (Phi) is 14.4. The van der Waals surface area contributed by atoms with Crippen molar-refractivity contribution in [1.82, 2.24) is 10.6 Å². The van der Waals surface area contributed by atoms with Crippen LogP contribution in [-0.2, 0) is 38.6 Å². The number of Topliss-reactive ketones (excluding diaryl/α,β-unsaturated/α-hetero) is 2. The normalized spacial score (nSPS) is 21.7. The number of rotatable bonds is 19. The monoisotopic (exact) mass is 643 g/mol. The van der Waals surface area contributed by atoms with Crippen molar-refractivity contribution in [3.05, 3.63) is 0 Å². The number of hydrogen-bond donors (Lipinski definition) is 3. The first-order valence-corrected chi connectivity index (χ1v) is 17.8. The van der Waals surface area contributed by atoms with Gasteiger partial charge in [0.2, 0.25) is 12.2 Å². The van der Waals surface area contributed by atoms with Crippen LogP contribution in [0, 0.1) is 41.4 Å². The number of ketones is 2. The number of ether oxygens (including phenoxy) is 1. The first-order valence-electron chi connectivity index (χ1n) is 15.7. The van der Waals surface area contributed by atoms with E-state index in [4.69, 9.17) is 9.57 Å². The molecule has 0 spiro atoms. The summed E-state index contributed by atoms with van der Waals surface area (Å²) in [4.78, 5) is 57.6. The second-order valence-electron chi connectivity index (χ2n) is 13.8.